The number of hydrogen-bond donors (Lipinski definition) is 1. The minimum absolute atomic E-state index is 0.0144. The molecule has 138 valence electrons. The molecule has 2 aromatic heterocycles. The molecule has 0 atom stereocenters. The van der Waals surface area contributed by atoms with Gasteiger partial charge in [-0.05, 0) is 56.3 Å². The van der Waals surface area contributed by atoms with Crippen LogP contribution in [0.25, 0.3) is 11.2 Å². The van der Waals surface area contributed by atoms with Gasteiger partial charge in [-0.25, -0.2) is 15.0 Å². The van der Waals surface area contributed by atoms with E-state index >= 15 is 0 Å². The van der Waals surface area contributed by atoms with Gasteiger partial charge in [-0.1, -0.05) is 18.1 Å². The number of hydrogen-bond acceptors (Lipinski definition) is 6. The molecular formula is C21H22N4O2. The molecule has 0 bridgehead atoms. The predicted molar refractivity (Wildman–Crippen MR) is 104 cm³/mol. The van der Waals surface area contributed by atoms with Gasteiger partial charge in [-0.2, -0.15) is 0 Å². The molecule has 0 saturated heterocycles. The lowest BCUT2D eigenvalue weighted by molar-refractivity contribution is 0.272. The smallest absolute Gasteiger partial charge is 0.249 e. The van der Waals surface area contributed by atoms with E-state index in [4.69, 9.17) is 9.84 Å². The molecule has 0 unspecified atom stereocenters. The minimum Gasteiger partial charge on any atom is -0.476 e. The molecule has 1 aromatic carbocycles. The fourth-order valence-corrected chi connectivity index (χ4v) is 2.43. The largest absolute Gasteiger partial charge is 0.476 e. The van der Waals surface area contributed by atoms with Crippen LogP contribution in [-0.2, 0) is 6.61 Å². The standard InChI is InChI=1S/C21H22N4O2/c1-25(2)13-4-14-27-21-19(23-20-18(24-21)5-3-12-22-20)11-10-16-6-8-17(15-26)9-7-16/h3,5-9,12,26H,4,13-15H2,1-2H3. The van der Waals surface area contributed by atoms with Crippen molar-refractivity contribution >= 4 is 11.2 Å². The van der Waals surface area contributed by atoms with Crippen LogP contribution >= 0.6 is 0 Å². The van der Waals surface area contributed by atoms with Crippen LogP contribution in [0, 0.1) is 11.8 Å². The fourth-order valence-electron chi connectivity index (χ4n) is 2.43. The first-order valence-corrected chi connectivity index (χ1v) is 8.78. The maximum absolute atomic E-state index is 9.13. The van der Waals surface area contributed by atoms with Crippen molar-refractivity contribution in [2.24, 2.45) is 0 Å². The first-order valence-electron chi connectivity index (χ1n) is 8.78. The third-order valence-electron chi connectivity index (χ3n) is 3.86. The van der Waals surface area contributed by atoms with Crippen LogP contribution in [0.5, 0.6) is 5.88 Å². The number of fused-ring (bicyclic) bond motifs is 1. The summed E-state index contributed by atoms with van der Waals surface area (Å²) in [6.07, 6.45) is 2.56. The van der Waals surface area contributed by atoms with E-state index in [1.54, 1.807) is 6.20 Å². The Morgan fingerprint density at radius 3 is 2.63 bits per heavy atom. The Balaban J connectivity index is 1.87. The average molecular weight is 362 g/mol. The van der Waals surface area contributed by atoms with E-state index in [1.807, 2.05) is 50.5 Å². The Labute approximate surface area is 158 Å². The van der Waals surface area contributed by atoms with Gasteiger partial charge in [-0.3, -0.25) is 0 Å². The van der Waals surface area contributed by atoms with Crippen molar-refractivity contribution in [1.82, 2.24) is 19.9 Å². The molecule has 0 amide bonds. The Morgan fingerprint density at radius 1 is 1.07 bits per heavy atom. The van der Waals surface area contributed by atoms with E-state index in [-0.39, 0.29) is 6.61 Å². The Kier molecular flexibility index (Phi) is 6.31. The van der Waals surface area contributed by atoms with Crippen LogP contribution in [0.2, 0.25) is 0 Å². The minimum atomic E-state index is 0.0144. The third kappa shape index (κ3) is 5.23. The Hall–Kier alpha value is -3.01. The average Bonchev–Trinajstić information content (AvgIpc) is 2.69. The van der Waals surface area contributed by atoms with Gasteiger partial charge in [0.25, 0.3) is 0 Å². The number of aromatic nitrogens is 3. The summed E-state index contributed by atoms with van der Waals surface area (Å²) >= 11 is 0. The van der Waals surface area contributed by atoms with Gasteiger partial charge in [-0.15, -0.1) is 0 Å². The molecule has 6 heteroatoms. The molecule has 0 fully saturated rings. The van der Waals surface area contributed by atoms with Gasteiger partial charge in [0.2, 0.25) is 5.88 Å². The zero-order chi connectivity index (χ0) is 19.1. The molecule has 6 nitrogen and oxygen atoms in total. The zero-order valence-electron chi connectivity index (χ0n) is 15.5. The van der Waals surface area contributed by atoms with E-state index in [0.29, 0.717) is 29.3 Å². The highest BCUT2D eigenvalue weighted by atomic mass is 16.5. The van der Waals surface area contributed by atoms with E-state index < -0.39 is 0 Å². The number of ether oxygens (including phenoxy) is 1. The van der Waals surface area contributed by atoms with Crippen molar-refractivity contribution in [3.8, 4) is 17.7 Å². The number of rotatable bonds is 6. The second-order valence-electron chi connectivity index (χ2n) is 6.33. The van der Waals surface area contributed by atoms with Crippen molar-refractivity contribution in [3.05, 3.63) is 59.4 Å². The molecule has 0 aliphatic carbocycles. The summed E-state index contributed by atoms with van der Waals surface area (Å²) in [6.45, 7) is 1.49. The SMILES string of the molecule is CN(C)CCCOc1nc2cccnc2nc1C#Cc1ccc(CO)cc1. The molecule has 2 heterocycles. The van der Waals surface area contributed by atoms with Crippen LogP contribution in [-0.4, -0.2) is 52.2 Å². The van der Waals surface area contributed by atoms with Gasteiger partial charge in [0, 0.05) is 18.3 Å². The number of aliphatic hydroxyl groups excluding tert-OH is 1. The van der Waals surface area contributed by atoms with Crippen molar-refractivity contribution in [2.45, 2.75) is 13.0 Å². The lowest BCUT2D eigenvalue weighted by Gasteiger charge is -2.10. The first kappa shape index (κ1) is 18.8. The summed E-state index contributed by atoms with van der Waals surface area (Å²) in [5, 5.41) is 9.13. The fraction of sp³-hybridized carbons (Fsp3) is 0.286. The summed E-state index contributed by atoms with van der Waals surface area (Å²) in [5.74, 6) is 6.55. The van der Waals surface area contributed by atoms with Crippen molar-refractivity contribution in [3.63, 3.8) is 0 Å². The summed E-state index contributed by atoms with van der Waals surface area (Å²) in [6, 6.07) is 11.1. The quantitative estimate of drug-likeness (QED) is 0.536. The molecule has 27 heavy (non-hydrogen) atoms. The summed E-state index contributed by atoms with van der Waals surface area (Å²) in [5.41, 5.74) is 3.36. The molecule has 0 saturated carbocycles. The summed E-state index contributed by atoms with van der Waals surface area (Å²) in [4.78, 5) is 15.4. The molecule has 1 N–H and O–H groups in total. The lowest BCUT2D eigenvalue weighted by atomic mass is 10.1. The van der Waals surface area contributed by atoms with Crippen LogP contribution in [0.1, 0.15) is 23.2 Å². The van der Waals surface area contributed by atoms with Gasteiger partial charge in [0.15, 0.2) is 11.3 Å². The van der Waals surface area contributed by atoms with Crippen LogP contribution in [0.15, 0.2) is 42.6 Å². The highest BCUT2D eigenvalue weighted by Crippen LogP contribution is 2.17. The second kappa shape index (κ2) is 9.08. The molecule has 0 aliphatic heterocycles. The molecule has 3 aromatic rings. The topological polar surface area (TPSA) is 71.4 Å². The van der Waals surface area contributed by atoms with Crippen molar-refractivity contribution < 1.29 is 9.84 Å². The maximum atomic E-state index is 9.13. The number of aliphatic hydroxyl groups is 1. The van der Waals surface area contributed by atoms with E-state index in [9.17, 15) is 0 Å². The normalized spacial score (nSPS) is 10.7. The van der Waals surface area contributed by atoms with Gasteiger partial charge in [0.05, 0.1) is 13.2 Å². The Morgan fingerprint density at radius 2 is 1.89 bits per heavy atom. The van der Waals surface area contributed by atoms with E-state index in [2.05, 4.69) is 31.7 Å². The van der Waals surface area contributed by atoms with Gasteiger partial charge < -0.3 is 14.7 Å². The third-order valence-corrected chi connectivity index (χ3v) is 3.86. The van der Waals surface area contributed by atoms with Gasteiger partial charge >= 0.3 is 0 Å². The van der Waals surface area contributed by atoms with E-state index in [1.165, 1.54) is 0 Å². The summed E-state index contributed by atoms with van der Waals surface area (Å²) < 4.78 is 5.86. The predicted octanol–water partition coefficient (Wildman–Crippen LogP) is 2.25. The molecule has 0 spiro atoms. The van der Waals surface area contributed by atoms with E-state index in [0.717, 1.165) is 24.1 Å². The lowest BCUT2D eigenvalue weighted by Crippen LogP contribution is -2.16. The summed E-state index contributed by atoms with van der Waals surface area (Å²) in [7, 11) is 4.06. The molecular weight excluding hydrogens is 340 g/mol. The second-order valence-corrected chi connectivity index (χ2v) is 6.33. The molecule has 0 radical (unpaired) electrons. The monoisotopic (exact) mass is 362 g/mol. The Bertz CT molecular complexity index is 959. The highest BCUT2D eigenvalue weighted by molar-refractivity contribution is 5.71. The number of nitrogens with zero attached hydrogens (tertiary/aromatic N) is 4. The van der Waals surface area contributed by atoms with Crippen molar-refractivity contribution in [1.29, 1.82) is 0 Å². The number of pyridine rings is 1. The maximum Gasteiger partial charge on any atom is 0.249 e. The van der Waals surface area contributed by atoms with Crippen LogP contribution in [0.4, 0.5) is 0 Å². The molecule has 3 rings (SSSR count). The van der Waals surface area contributed by atoms with Crippen LogP contribution < -0.4 is 4.74 Å². The van der Waals surface area contributed by atoms with Gasteiger partial charge in [0.1, 0.15) is 5.52 Å². The first-order chi connectivity index (χ1) is 13.2. The highest BCUT2D eigenvalue weighted by Gasteiger charge is 2.09. The zero-order valence-corrected chi connectivity index (χ0v) is 15.5. The number of benzene rings is 1. The molecule has 0 aliphatic rings. The van der Waals surface area contributed by atoms with Crippen molar-refractivity contribution in [2.75, 3.05) is 27.2 Å². The van der Waals surface area contributed by atoms with Crippen LogP contribution in [0.3, 0.4) is 0 Å².